The monoisotopic (exact) mass is 371 g/mol. The zero-order valence-corrected chi connectivity index (χ0v) is 14.8. The molecule has 9 heteroatoms. The van der Waals surface area contributed by atoms with Gasteiger partial charge in [-0.1, -0.05) is 18.2 Å². The molecule has 1 aromatic rings. The van der Waals surface area contributed by atoms with Crippen LogP contribution in [-0.2, 0) is 35.0 Å². The Labute approximate surface area is 142 Å². The molecule has 0 aromatic heterocycles. The van der Waals surface area contributed by atoms with Crippen LogP contribution in [0.4, 0.5) is 0 Å². The molecule has 2 aliphatic rings. The average molecular weight is 371 g/mol. The molecule has 3 atom stereocenters. The van der Waals surface area contributed by atoms with Crippen LogP contribution in [0.25, 0.3) is 0 Å². The third-order valence-electron chi connectivity index (χ3n) is 4.51. The number of hydrogen-bond acceptors (Lipinski definition) is 6. The molecule has 0 radical (unpaired) electrons. The van der Waals surface area contributed by atoms with E-state index in [0.717, 1.165) is 4.90 Å². The Morgan fingerprint density at radius 3 is 2.54 bits per heavy atom. The maximum Gasteiger partial charge on any atom is 0.331 e. The van der Waals surface area contributed by atoms with Crippen LogP contribution in [-0.4, -0.2) is 51.5 Å². The first kappa shape index (κ1) is 17.1. The summed E-state index contributed by atoms with van der Waals surface area (Å²) >= 11 is 0. The summed E-state index contributed by atoms with van der Waals surface area (Å²) in [6, 6.07) is 7.28. The predicted octanol–water partition coefficient (Wildman–Crippen LogP) is 0.429. The average Bonchev–Trinajstić information content (AvgIpc) is 2.67. The van der Waals surface area contributed by atoms with E-state index >= 15 is 0 Å². The van der Waals surface area contributed by atoms with Crippen LogP contribution < -0.4 is 0 Å². The van der Waals surface area contributed by atoms with Gasteiger partial charge in [-0.3, -0.25) is 9.00 Å². The van der Waals surface area contributed by atoms with Crippen LogP contribution in [0, 0.1) is 0 Å². The molecule has 24 heavy (non-hydrogen) atoms. The molecular weight excluding hydrogens is 354 g/mol. The first-order chi connectivity index (χ1) is 11.2. The summed E-state index contributed by atoms with van der Waals surface area (Å²) in [4.78, 5) is 25.7. The fraction of sp³-hybridized carbons (Fsp3) is 0.467. The van der Waals surface area contributed by atoms with Gasteiger partial charge in [-0.05, 0) is 26.0 Å². The van der Waals surface area contributed by atoms with Gasteiger partial charge in [-0.2, -0.15) is 0 Å². The Kier molecular flexibility index (Phi) is 4.03. The van der Waals surface area contributed by atoms with Gasteiger partial charge in [0, 0.05) is 4.90 Å². The minimum Gasteiger partial charge on any atom is -0.450 e. The van der Waals surface area contributed by atoms with E-state index in [9.17, 15) is 22.2 Å². The molecule has 0 bridgehead atoms. The highest BCUT2D eigenvalue weighted by molar-refractivity contribution is 7.93. The van der Waals surface area contributed by atoms with Crippen molar-refractivity contribution in [2.75, 3.05) is 5.94 Å². The van der Waals surface area contributed by atoms with Crippen molar-refractivity contribution in [1.29, 1.82) is 0 Å². The second-order valence-electron chi connectivity index (χ2n) is 6.25. The van der Waals surface area contributed by atoms with Gasteiger partial charge in [0.25, 0.3) is 0 Å². The maximum absolute atomic E-state index is 12.4. The number of carbonyl (C=O) groups excluding carboxylic acids is 2. The fourth-order valence-corrected chi connectivity index (χ4v) is 5.98. The van der Waals surface area contributed by atoms with Gasteiger partial charge < -0.3 is 9.64 Å². The highest BCUT2D eigenvalue weighted by atomic mass is 32.2. The van der Waals surface area contributed by atoms with Gasteiger partial charge in [0.1, 0.15) is 11.4 Å². The Hall–Kier alpha value is -1.74. The molecule has 2 heterocycles. The van der Waals surface area contributed by atoms with Gasteiger partial charge in [-0.15, -0.1) is 0 Å². The van der Waals surface area contributed by atoms with Crippen molar-refractivity contribution in [3.63, 3.8) is 0 Å². The fourth-order valence-electron chi connectivity index (χ4n) is 3.04. The molecule has 3 rings (SSSR count). The molecule has 0 N–H and O–H groups in total. The number of ether oxygens (including phenoxy) is 1. The number of amides is 1. The van der Waals surface area contributed by atoms with Gasteiger partial charge in [-0.25, -0.2) is 13.2 Å². The first-order valence-corrected chi connectivity index (χ1v) is 10.2. The second-order valence-corrected chi connectivity index (χ2v) is 10.3. The molecule has 0 spiro atoms. The number of β-lactam (4-membered cyclic amide) rings is 1. The molecule has 0 saturated carbocycles. The molecular formula is C15H17NO6S2. The number of sulfone groups is 1. The van der Waals surface area contributed by atoms with Crippen molar-refractivity contribution in [2.24, 2.45) is 0 Å². The van der Waals surface area contributed by atoms with Gasteiger partial charge in [0.15, 0.2) is 15.8 Å². The van der Waals surface area contributed by atoms with E-state index in [-0.39, 0.29) is 18.3 Å². The molecule has 0 aliphatic carbocycles. The normalized spacial score (nSPS) is 27.9. The van der Waals surface area contributed by atoms with E-state index in [1.807, 2.05) is 0 Å². The second kappa shape index (κ2) is 5.66. The van der Waals surface area contributed by atoms with Crippen LogP contribution in [0.3, 0.4) is 0 Å². The lowest BCUT2D eigenvalue weighted by Gasteiger charge is -2.36. The summed E-state index contributed by atoms with van der Waals surface area (Å²) < 4.78 is 40.6. The minimum absolute atomic E-state index is 0.106. The Bertz CT molecular complexity index is 818. The van der Waals surface area contributed by atoms with Crippen molar-refractivity contribution in [3.8, 4) is 0 Å². The van der Waals surface area contributed by atoms with Gasteiger partial charge in [0.2, 0.25) is 5.91 Å². The zero-order chi connectivity index (χ0) is 17.7. The van der Waals surface area contributed by atoms with Crippen molar-refractivity contribution in [3.05, 3.63) is 30.3 Å². The number of rotatable bonds is 4. The van der Waals surface area contributed by atoms with Crippen molar-refractivity contribution >= 4 is 32.5 Å². The Morgan fingerprint density at radius 1 is 1.33 bits per heavy atom. The number of nitrogens with zero attached hydrogens (tertiary/aromatic N) is 1. The van der Waals surface area contributed by atoms with Crippen LogP contribution in [0.15, 0.2) is 35.2 Å². The van der Waals surface area contributed by atoms with Crippen molar-refractivity contribution in [1.82, 2.24) is 4.90 Å². The van der Waals surface area contributed by atoms with Crippen molar-refractivity contribution < 1.29 is 27.0 Å². The highest BCUT2D eigenvalue weighted by Crippen LogP contribution is 2.46. The van der Waals surface area contributed by atoms with Crippen LogP contribution in [0.5, 0.6) is 0 Å². The summed E-state index contributed by atoms with van der Waals surface area (Å²) in [5, 5.41) is -0.961. The quantitative estimate of drug-likeness (QED) is 0.562. The molecule has 1 amide bonds. The lowest BCUT2D eigenvalue weighted by Crippen LogP contribution is -2.57. The summed E-state index contributed by atoms with van der Waals surface area (Å²) in [7, 11) is -5.21. The third-order valence-corrected chi connectivity index (χ3v) is 8.44. The number of fused-ring (bicyclic) bond motifs is 1. The van der Waals surface area contributed by atoms with E-state index in [1.165, 1.54) is 13.8 Å². The molecule has 2 aliphatic heterocycles. The number of benzene rings is 1. The van der Waals surface area contributed by atoms with Crippen LogP contribution >= 0.6 is 0 Å². The van der Waals surface area contributed by atoms with E-state index in [2.05, 4.69) is 0 Å². The van der Waals surface area contributed by atoms with E-state index in [1.54, 1.807) is 30.3 Å². The Balaban J connectivity index is 1.75. The van der Waals surface area contributed by atoms with E-state index in [0.29, 0.717) is 4.90 Å². The lowest BCUT2D eigenvalue weighted by atomic mass is 9.98. The number of hydrogen-bond donors (Lipinski definition) is 0. The zero-order valence-electron chi connectivity index (χ0n) is 13.2. The Morgan fingerprint density at radius 2 is 1.96 bits per heavy atom. The maximum atomic E-state index is 12.4. The van der Waals surface area contributed by atoms with Crippen molar-refractivity contribution in [2.45, 2.75) is 41.3 Å². The molecule has 7 nitrogen and oxygen atoms in total. The summed E-state index contributed by atoms with van der Waals surface area (Å²) in [6.07, 6.45) is -0.106. The SMILES string of the molecule is CC1(C)[C@H](C(=O)OCS(=O)c2ccccc2)N2C(=O)C[C@H]2S1(=O)=O. The topological polar surface area (TPSA) is 97.8 Å². The van der Waals surface area contributed by atoms with E-state index in [4.69, 9.17) is 4.74 Å². The molecule has 2 saturated heterocycles. The smallest absolute Gasteiger partial charge is 0.331 e. The molecule has 1 aromatic carbocycles. The summed E-state index contributed by atoms with van der Waals surface area (Å²) in [6.45, 7) is 2.82. The van der Waals surface area contributed by atoms with Gasteiger partial charge in [0.05, 0.1) is 22.0 Å². The molecule has 1 unspecified atom stereocenters. The summed E-state index contributed by atoms with van der Waals surface area (Å²) in [5.74, 6) is -1.62. The van der Waals surface area contributed by atoms with Crippen LogP contribution in [0.1, 0.15) is 20.3 Å². The predicted molar refractivity (Wildman–Crippen MR) is 85.8 cm³/mol. The number of carbonyl (C=O) groups is 2. The largest absolute Gasteiger partial charge is 0.450 e. The first-order valence-electron chi connectivity index (χ1n) is 7.32. The molecule has 2 fully saturated rings. The minimum atomic E-state index is -3.66. The highest BCUT2D eigenvalue weighted by Gasteiger charge is 2.68. The standard InChI is InChI=1S/C15H17NO6S2/c1-15(2)13(16-11(17)8-12(16)24(15,20)21)14(18)22-9-23(19)10-6-4-3-5-7-10/h3-7,12-13H,8-9H2,1-2H3/t12-,13+,23?/m1/s1. The molecule has 130 valence electrons. The number of esters is 1. The third kappa shape index (κ3) is 2.37. The van der Waals surface area contributed by atoms with Gasteiger partial charge >= 0.3 is 5.97 Å². The van der Waals surface area contributed by atoms with Crippen LogP contribution in [0.2, 0.25) is 0 Å². The lowest BCUT2D eigenvalue weighted by molar-refractivity contribution is -0.160. The van der Waals surface area contributed by atoms with E-state index < -0.39 is 42.8 Å². The summed E-state index contributed by atoms with van der Waals surface area (Å²) in [5.41, 5.74) is 0.